The first kappa shape index (κ1) is 18.2. The van der Waals surface area contributed by atoms with E-state index >= 15 is 0 Å². The van der Waals surface area contributed by atoms with Crippen molar-refractivity contribution in [3.05, 3.63) is 29.8 Å². The molecule has 0 spiro atoms. The minimum atomic E-state index is -4.54. The second-order valence-corrected chi connectivity index (χ2v) is 6.87. The summed E-state index contributed by atoms with van der Waals surface area (Å²) in [5, 5.41) is 1.67. The Morgan fingerprint density at radius 2 is 1.71 bits per heavy atom. The molecule has 1 aromatic rings. The van der Waals surface area contributed by atoms with Crippen LogP contribution in [0.4, 0.5) is 13.2 Å². The Morgan fingerprint density at radius 1 is 1.12 bits per heavy atom. The van der Waals surface area contributed by atoms with Crippen LogP contribution in [-0.2, 0) is 14.8 Å². The summed E-state index contributed by atoms with van der Waals surface area (Å²) < 4.78 is 60.0. The van der Waals surface area contributed by atoms with E-state index in [4.69, 9.17) is 0 Å². The largest absolute Gasteiger partial charge is 0.405 e. The first-order chi connectivity index (χ1) is 11.1. The molecular weight excluding hydrogens is 351 g/mol. The molecule has 132 valence electrons. The van der Waals surface area contributed by atoms with Crippen molar-refractivity contribution in [2.45, 2.75) is 23.9 Å². The Hall–Kier alpha value is -2.14. The molecule has 0 radical (unpaired) electrons. The standard InChI is InChI=1S/C13H14F3N3O4S/c14-13(15,16)7-17-11(20)8-3-5-10(6-4-8)24(22,23)19-18-12(21)9-1-2-9/h3-6,9,19H,1-2,7H2,(H,17,20)(H,18,21). The average molecular weight is 365 g/mol. The molecule has 0 heterocycles. The number of hydrogen-bond acceptors (Lipinski definition) is 4. The zero-order valence-electron chi connectivity index (χ0n) is 12.2. The van der Waals surface area contributed by atoms with Crippen LogP contribution in [-0.4, -0.2) is 33.0 Å². The summed E-state index contributed by atoms with van der Waals surface area (Å²) in [6, 6.07) is 4.24. The molecule has 3 N–H and O–H groups in total. The minimum Gasteiger partial charge on any atom is -0.343 e. The zero-order valence-corrected chi connectivity index (χ0v) is 13.0. The van der Waals surface area contributed by atoms with Gasteiger partial charge in [-0.15, -0.1) is 4.83 Å². The highest BCUT2D eigenvalue weighted by Gasteiger charge is 2.30. The molecule has 2 amide bonds. The topological polar surface area (TPSA) is 104 Å². The van der Waals surface area contributed by atoms with Crippen molar-refractivity contribution in [2.24, 2.45) is 5.92 Å². The van der Waals surface area contributed by atoms with Crippen molar-refractivity contribution in [1.29, 1.82) is 0 Å². The Kier molecular flexibility index (Phi) is 5.13. The van der Waals surface area contributed by atoms with E-state index in [9.17, 15) is 31.2 Å². The molecule has 7 nitrogen and oxygen atoms in total. The molecule has 0 aromatic heterocycles. The molecule has 1 fully saturated rings. The predicted molar refractivity (Wildman–Crippen MR) is 76.0 cm³/mol. The quantitative estimate of drug-likeness (QED) is 0.646. The summed E-state index contributed by atoms with van der Waals surface area (Å²) in [5.74, 6) is -1.60. The lowest BCUT2D eigenvalue weighted by molar-refractivity contribution is -0.123. The fourth-order valence-electron chi connectivity index (χ4n) is 1.69. The lowest BCUT2D eigenvalue weighted by atomic mass is 10.2. The third-order valence-electron chi connectivity index (χ3n) is 3.13. The summed E-state index contributed by atoms with van der Waals surface area (Å²) in [5.41, 5.74) is 1.95. The van der Waals surface area contributed by atoms with Crippen LogP contribution >= 0.6 is 0 Å². The van der Waals surface area contributed by atoms with Gasteiger partial charge in [-0.3, -0.25) is 15.0 Å². The van der Waals surface area contributed by atoms with Gasteiger partial charge < -0.3 is 5.32 Å². The Morgan fingerprint density at radius 3 is 2.21 bits per heavy atom. The molecule has 0 bridgehead atoms. The van der Waals surface area contributed by atoms with Gasteiger partial charge in [-0.2, -0.15) is 13.2 Å². The third kappa shape index (κ3) is 5.20. The van der Waals surface area contributed by atoms with Crippen molar-refractivity contribution in [1.82, 2.24) is 15.6 Å². The highest BCUT2D eigenvalue weighted by Crippen LogP contribution is 2.28. The highest BCUT2D eigenvalue weighted by atomic mass is 32.2. The Labute approximate surface area is 135 Å². The van der Waals surface area contributed by atoms with Gasteiger partial charge in [0, 0.05) is 11.5 Å². The lowest BCUT2D eigenvalue weighted by Gasteiger charge is -2.10. The molecule has 1 aliphatic rings. The molecule has 1 aliphatic carbocycles. The second-order valence-electron chi connectivity index (χ2n) is 5.19. The predicted octanol–water partition coefficient (Wildman–Crippen LogP) is 0.698. The van der Waals surface area contributed by atoms with Gasteiger partial charge in [0.15, 0.2) is 0 Å². The van der Waals surface area contributed by atoms with E-state index in [0.29, 0.717) is 12.8 Å². The number of carbonyl (C=O) groups excluding carboxylic acids is 2. The number of sulfonamides is 1. The van der Waals surface area contributed by atoms with E-state index in [1.54, 1.807) is 5.32 Å². The van der Waals surface area contributed by atoms with Gasteiger partial charge in [-0.25, -0.2) is 8.42 Å². The zero-order chi connectivity index (χ0) is 18.0. The number of benzene rings is 1. The average Bonchev–Trinajstić information content (AvgIpc) is 3.34. The SMILES string of the molecule is O=C(NCC(F)(F)F)c1ccc(S(=O)(=O)NNC(=O)C2CC2)cc1. The highest BCUT2D eigenvalue weighted by molar-refractivity contribution is 7.89. The first-order valence-electron chi connectivity index (χ1n) is 6.85. The van der Waals surface area contributed by atoms with Gasteiger partial charge in [-0.1, -0.05) is 0 Å². The minimum absolute atomic E-state index is 0.125. The van der Waals surface area contributed by atoms with Crippen LogP contribution < -0.4 is 15.6 Å². The maximum absolute atomic E-state index is 12.0. The number of nitrogens with one attached hydrogen (secondary N) is 3. The number of carbonyl (C=O) groups is 2. The van der Waals surface area contributed by atoms with Crippen molar-refractivity contribution in [3.8, 4) is 0 Å². The third-order valence-corrected chi connectivity index (χ3v) is 4.40. The van der Waals surface area contributed by atoms with Crippen LogP contribution in [0.25, 0.3) is 0 Å². The maximum atomic E-state index is 12.0. The van der Waals surface area contributed by atoms with Crippen LogP contribution in [0.15, 0.2) is 29.2 Å². The Bertz CT molecular complexity index is 728. The summed E-state index contributed by atoms with van der Waals surface area (Å²) in [6.45, 7) is -1.49. The van der Waals surface area contributed by atoms with Gasteiger partial charge in [0.1, 0.15) is 6.54 Å². The maximum Gasteiger partial charge on any atom is 0.405 e. The Balaban J connectivity index is 1.97. The lowest BCUT2D eigenvalue weighted by Crippen LogP contribution is -2.42. The van der Waals surface area contributed by atoms with Gasteiger partial charge >= 0.3 is 6.18 Å². The summed E-state index contributed by atoms with van der Waals surface area (Å²) in [7, 11) is -4.03. The molecule has 0 unspecified atom stereocenters. The van der Waals surface area contributed by atoms with Crippen LogP contribution in [0.1, 0.15) is 23.2 Å². The number of alkyl halides is 3. The van der Waals surface area contributed by atoms with Gasteiger partial charge in [0.25, 0.3) is 15.9 Å². The van der Waals surface area contributed by atoms with E-state index in [1.165, 1.54) is 0 Å². The molecule has 0 aliphatic heterocycles. The summed E-state index contributed by atoms with van der Waals surface area (Å²) in [4.78, 5) is 24.6. The van der Waals surface area contributed by atoms with E-state index in [2.05, 4.69) is 5.43 Å². The molecule has 1 aromatic carbocycles. The second kappa shape index (κ2) is 6.77. The fourth-order valence-corrected chi connectivity index (χ4v) is 2.54. The van der Waals surface area contributed by atoms with E-state index in [0.717, 1.165) is 24.3 Å². The number of halogens is 3. The van der Waals surface area contributed by atoms with Crippen LogP contribution in [0, 0.1) is 5.92 Å². The van der Waals surface area contributed by atoms with Crippen LogP contribution in [0.3, 0.4) is 0 Å². The number of hydrogen-bond donors (Lipinski definition) is 3. The number of hydrazine groups is 1. The summed E-state index contributed by atoms with van der Waals surface area (Å²) in [6.07, 6.45) is -3.13. The molecule has 1 saturated carbocycles. The fraction of sp³-hybridized carbons (Fsp3) is 0.385. The van der Waals surface area contributed by atoms with E-state index in [1.807, 2.05) is 4.83 Å². The molecule has 0 saturated heterocycles. The van der Waals surface area contributed by atoms with Gasteiger partial charge in [-0.05, 0) is 37.1 Å². The number of amides is 2. The van der Waals surface area contributed by atoms with Crippen molar-refractivity contribution in [2.75, 3.05) is 6.54 Å². The smallest absolute Gasteiger partial charge is 0.343 e. The van der Waals surface area contributed by atoms with Gasteiger partial charge in [0.05, 0.1) is 4.90 Å². The molecular formula is C13H14F3N3O4S. The van der Waals surface area contributed by atoms with Crippen LogP contribution in [0.5, 0.6) is 0 Å². The van der Waals surface area contributed by atoms with E-state index in [-0.39, 0.29) is 16.4 Å². The molecule has 0 atom stereocenters. The van der Waals surface area contributed by atoms with E-state index < -0.39 is 34.6 Å². The van der Waals surface area contributed by atoms with Gasteiger partial charge in [0.2, 0.25) is 5.91 Å². The monoisotopic (exact) mass is 365 g/mol. The molecule has 24 heavy (non-hydrogen) atoms. The molecule has 11 heteroatoms. The number of rotatable bonds is 6. The summed E-state index contributed by atoms with van der Waals surface area (Å²) >= 11 is 0. The van der Waals surface area contributed by atoms with Crippen molar-refractivity contribution in [3.63, 3.8) is 0 Å². The van der Waals surface area contributed by atoms with Crippen molar-refractivity contribution < 1.29 is 31.2 Å². The molecule has 2 rings (SSSR count). The van der Waals surface area contributed by atoms with Crippen LogP contribution in [0.2, 0.25) is 0 Å². The normalized spacial score (nSPS) is 15.0. The van der Waals surface area contributed by atoms with Crippen molar-refractivity contribution >= 4 is 21.8 Å². The first-order valence-corrected chi connectivity index (χ1v) is 8.33.